The maximum atomic E-state index is 10.9. The van der Waals surface area contributed by atoms with Crippen LogP contribution in [-0.4, -0.2) is 34.0 Å². The Kier molecular flexibility index (Phi) is 3.93. The van der Waals surface area contributed by atoms with E-state index in [0.29, 0.717) is 5.56 Å². The van der Waals surface area contributed by atoms with Gasteiger partial charge >= 0.3 is 0 Å². The Labute approximate surface area is 111 Å². The van der Waals surface area contributed by atoms with Crippen LogP contribution in [0.4, 0.5) is 0 Å². The lowest BCUT2D eigenvalue weighted by Crippen LogP contribution is -2.24. The molecule has 0 aliphatic carbocycles. The van der Waals surface area contributed by atoms with Gasteiger partial charge in [0.05, 0.1) is 19.5 Å². The van der Waals surface area contributed by atoms with Crippen molar-refractivity contribution in [1.82, 2.24) is 0 Å². The fourth-order valence-corrected chi connectivity index (χ4v) is 2.27. The van der Waals surface area contributed by atoms with E-state index in [2.05, 4.69) is 4.18 Å². The van der Waals surface area contributed by atoms with E-state index in [1.807, 2.05) is 18.2 Å². The van der Waals surface area contributed by atoms with Gasteiger partial charge in [-0.1, -0.05) is 41.9 Å². The lowest BCUT2D eigenvalue weighted by atomic mass is 10.2. The molecule has 5 nitrogen and oxygen atoms in total. The molecule has 1 aliphatic heterocycles. The number of halogens is 1. The van der Waals surface area contributed by atoms with E-state index in [1.165, 1.54) is 0 Å². The molecule has 0 spiro atoms. The van der Waals surface area contributed by atoms with E-state index < -0.39 is 21.5 Å². The molecule has 1 aromatic carbocycles. The first-order chi connectivity index (χ1) is 8.39. The van der Waals surface area contributed by atoms with E-state index in [-0.39, 0.29) is 13.2 Å². The molecule has 0 amide bonds. The first kappa shape index (κ1) is 13.8. The minimum Gasteiger partial charge on any atom is -0.331 e. The zero-order valence-electron chi connectivity index (χ0n) is 9.71. The Morgan fingerprint density at radius 3 is 2.72 bits per heavy atom. The largest absolute Gasteiger partial charge is 0.331 e. The summed E-state index contributed by atoms with van der Waals surface area (Å²) in [6, 6.07) is 9.02. The predicted molar refractivity (Wildman–Crippen MR) is 65.6 cm³/mol. The van der Waals surface area contributed by atoms with Gasteiger partial charge in [-0.15, -0.1) is 0 Å². The van der Waals surface area contributed by atoms with Crippen LogP contribution in [-0.2, 0) is 29.0 Å². The third-order valence-corrected chi connectivity index (χ3v) is 3.34. The number of hydrogen-bond donors (Lipinski definition) is 0. The van der Waals surface area contributed by atoms with E-state index in [1.54, 1.807) is 12.1 Å². The summed E-state index contributed by atoms with van der Waals surface area (Å²) in [7, 11) is -3.49. The highest BCUT2D eigenvalue weighted by atomic mass is 35.5. The molecule has 1 fully saturated rings. The summed E-state index contributed by atoms with van der Waals surface area (Å²) < 4.78 is 37.2. The highest BCUT2D eigenvalue weighted by Gasteiger charge is 2.41. The van der Waals surface area contributed by atoms with E-state index in [0.717, 1.165) is 6.26 Å². The molecule has 1 aromatic rings. The average Bonchev–Trinajstić information content (AvgIpc) is 2.71. The summed E-state index contributed by atoms with van der Waals surface area (Å²) in [6.07, 6.45) is 0.464. The third kappa shape index (κ3) is 3.43. The van der Waals surface area contributed by atoms with Gasteiger partial charge in [0.25, 0.3) is 15.4 Å². The van der Waals surface area contributed by atoms with Crippen molar-refractivity contribution in [2.75, 3.05) is 19.5 Å². The second-order valence-corrected chi connectivity index (χ2v) is 6.08. The summed E-state index contributed by atoms with van der Waals surface area (Å²) in [5.41, 5.74) is 0.661. The lowest BCUT2D eigenvalue weighted by molar-refractivity contribution is -0.108. The third-order valence-electron chi connectivity index (χ3n) is 2.36. The average molecular weight is 293 g/mol. The van der Waals surface area contributed by atoms with Crippen LogP contribution in [0.15, 0.2) is 30.3 Å². The molecule has 18 heavy (non-hydrogen) atoms. The summed E-state index contributed by atoms with van der Waals surface area (Å²) in [5.74, 6) is 0. The van der Waals surface area contributed by atoms with Crippen molar-refractivity contribution >= 4 is 21.7 Å². The zero-order valence-corrected chi connectivity index (χ0v) is 11.3. The Balaban J connectivity index is 1.99. The Bertz CT molecular complexity index is 503. The summed E-state index contributed by atoms with van der Waals surface area (Å²) >= 11 is 6.19. The Morgan fingerprint density at radius 1 is 1.44 bits per heavy atom. The van der Waals surface area contributed by atoms with Crippen molar-refractivity contribution in [3.63, 3.8) is 0 Å². The van der Waals surface area contributed by atoms with Gasteiger partial charge in [0, 0.05) is 5.56 Å². The van der Waals surface area contributed by atoms with Crippen molar-refractivity contribution in [1.29, 1.82) is 0 Å². The quantitative estimate of drug-likeness (QED) is 0.620. The molecule has 0 saturated carbocycles. The minimum atomic E-state index is -3.49. The van der Waals surface area contributed by atoms with E-state index in [4.69, 9.17) is 21.1 Å². The van der Waals surface area contributed by atoms with Crippen LogP contribution in [0.2, 0.25) is 0 Å². The fourth-order valence-electron chi connectivity index (χ4n) is 1.55. The molecule has 2 rings (SSSR count). The zero-order chi connectivity index (χ0) is 13.2. The molecule has 2 atom stereocenters. The molecule has 0 bridgehead atoms. The van der Waals surface area contributed by atoms with E-state index in [9.17, 15) is 8.42 Å². The topological polar surface area (TPSA) is 61.8 Å². The van der Waals surface area contributed by atoms with Gasteiger partial charge in [-0.3, -0.25) is 4.18 Å². The fraction of sp³-hybridized carbons (Fsp3) is 0.455. The maximum Gasteiger partial charge on any atom is 0.276 e. The molecule has 0 aromatic heterocycles. The first-order valence-electron chi connectivity index (χ1n) is 5.30. The molecule has 1 heterocycles. The molecule has 7 heteroatoms. The number of benzene rings is 1. The Hall–Kier alpha value is -0.660. The van der Waals surface area contributed by atoms with Gasteiger partial charge in [-0.2, -0.15) is 8.42 Å². The molecule has 0 radical (unpaired) electrons. The van der Waals surface area contributed by atoms with Gasteiger partial charge in [-0.25, -0.2) is 0 Å². The minimum absolute atomic E-state index is 0.111. The molecule has 0 N–H and O–H groups in total. The van der Waals surface area contributed by atoms with Crippen molar-refractivity contribution < 1.29 is 22.1 Å². The van der Waals surface area contributed by atoms with Crippen LogP contribution in [0.5, 0.6) is 0 Å². The molecule has 0 unspecified atom stereocenters. The lowest BCUT2D eigenvalue weighted by Gasteiger charge is -2.20. The summed E-state index contributed by atoms with van der Waals surface area (Å²) in [4.78, 5) is 0. The van der Waals surface area contributed by atoms with Crippen LogP contribution >= 0.6 is 11.6 Å². The number of rotatable bonds is 4. The smallest absolute Gasteiger partial charge is 0.276 e. The highest BCUT2D eigenvalue weighted by molar-refractivity contribution is 7.85. The van der Waals surface area contributed by atoms with Crippen LogP contribution in [0, 0.1) is 0 Å². The van der Waals surface area contributed by atoms with Gasteiger partial charge in [-0.05, 0) is 0 Å². The van der Waals surface area contributed by atoms with Gasteiger partial charge in [0.2, 0.25) is 0 Å². The summed E-state index contributed by atoms with van der Waals surface area (Å²) in [5, 5.41) is -1.37. The SMILES string of the molecule is CS(=O)(=O)OC[C@@H]1CO[C@@](Cl)(c2ccccc2)O1. The van der Waals surface area contributed by atoms with Crippen molar-refractivity contribution in [3.05, 3.63) is 35.9 Å². The molecule has 100 valence electrons. The number of alkyl halides is 1. The van der Waals surface area contributed by atoms with Gasteiger partial charge in [0.1, 0.15) is 6.10 Å². The van der Waals surface area contributed by atoms with Crippen LogP contribution < -0.4 is 0 Å². The van der Waals surface area contributed by atoms with E-state index >= 15 is 0 Å². The highest BCUT2D eigenvalue weighted by Crippen LogP contribution is 2.38. The summed E-state index contributed by atoms with van der Waals surface area (Å²) in [6.45, 7) is 0.0635. The van der Waals surface area contributed by atoms with Crippen molar-refractivity contribution in [2.45, 2.75) is 11.4 Å². The maximum absolute atomic E-state index is 10.9. The van der Waals surface area contributed by atoms with Crippen LogP contribution in [0.25, 0.3) is 0 Å². The number of ether oxygens (including phenoxy) is 2. The van der Waals surface area contributed by atoms with Crippen molar-refractivity contribution in [3.8, 4) is 0 Å². The molecular formula is C11H13ClO5S. The monoisotopic (exact) mass is 292 g/mol. The first-order valence-corrected chi connectivity index (χ1v) is 7.49. The van der Waals surface area contributed by atoms with Gasteiger partial charge < -0.3 is 9.47 Å². The van der Waals surface area contributed by atoms with Crippen molar-refractivity contribution in [2.24, 2.45) is 0 Å². The standard InChI is InChI=1S/C11H13ClO5S/c1-18(13,14)16-8-10-7-15-11(12,17-10)9-5-3-2-4-6-9/h2-6,10H,7-8H2,1H3/t10-,11-/m0/s1. The molecule has 1 saturated heterocycles. The van der Waals surface area contributed by atoms with Crippen LogP contribution in [0.3, 0.4) is 0 Å². The number of hydrogen-bond acceptors (Lipinski definition) is 5. The predicted octanol–water partition coefficient (Wildman–Crippen LogP) is 1.43. The van der Waals surface area contributed by atoms with Crippen LogP contribution in [0.1, 0.15) is 5.56 Å². The Morgan fingerprint density at radius 2 is 2.11 bits per heavy atom. The second kappa shape index (κ2) is 5.14. The second-order valence-electron chi connectivity index (χ2n) is 3.94. The normalized spacial score (nSPS) is 28.4. The molecular weight excluding hydrogens is 280 g/mol. The van der Waals surface area contributed by atoms with Gasteiger partial charge in [0.15, 0.2) is 0 Å². The molecule has 1 aliphatic rings.